The van der Waals surface area contributed by atoms with Gasteiger partial charge in [0.2, 0.25) is 12.2 Å². The summed E-state index contributed by atoms with van der Waals surface area (Å²) in [4.78, 5) is 0. The van der Waals surface area contributed by atoms with E-state index >= 15 is 0 Å². The second-order valence-electron chi connectivity index (χ2n) is 9.19. The van der Waals surface area contributed by atoms with Crippen molar-refractivity contribution in [1.29, 1.82) is 5.41 Å². The molecule has 2 aliphatic rings. The fourth-order valence-corrected chi connectivity index (χ4v) is 4.64. The lowest BCUT2D eigenvalue weighted by Gasteiger charge is -2.48. The van der Waals surface area contributed by atoms with Gasteiger partial charge in [-0.2, -0.15) is 0 Å². The summed E-state index contributed by atoms with van der Waals surface area (Å²) in [5, 5.41) is 8.18. The SMILES string of the molecule is N=C(O[C@H]1OC2COC(c3ccccc3)O[C@@H]2C(OCc2ccccc2)C1OCc1ccccc1)C(Cl)(Cl)Cl. The molecule has 0 radical (unpaired) electrons. The number of nitrogens with one attached hydrogen (secondary N) is 1. The molecule has 6 atom stereocenters. The van der Waals surface area contributed by atoms with E-state index in [0.717, 1.165) is 16.7 Å². The molecule has 0 bridgehead atoms. The van der Waals surface area contributed by atoms with Crippen LogP contribution >= 0.6 is 34.8 Å². The van der Waals surface area contributed by atoms with Gasteiger partial charge in [0, 0.05) is 5.56 Å². The van der Waals surface area contributed by atoms with Gasteiger partial charge in [0.1, 0.15) is 24.4 Å². The highest BCUT2D eigenvalue weighted by atomic mass is 35.6. The molecular formula is C29H28Cl3NO6. The largest absolute Gasteiger partial charge is 0.445 e. The van der Waals surface area contributed by atoms with Gasteiger partial charge < -0.3 is 28.4 Å². The second kappa shape index (κ2) is 13.0. The van der Waals surface area contributed by atoms with E-state index in [9.17, 15) is 0 Å². The van der Waals surface area contributed by atoms with E-state index in [4.69, 9.17) is 68.6 Å². The Hall–Kier alpha value is -2.20. The fourth-order valence-electron chi connectivity index (χ4n) is 4.50. The summed E-state index contributed by atoms with van der Waals surface area (Å²) in [6.45, 7) is 0.716. The van der Waals surface area contributed by atoms with E-state index in [-0.39, 0.29) is 19.8 Å². The number of hydrogen-bond donors (Lipinski definition) is 1. The summed E-state index contributed by atoms with van der Waals surface area (Å²) in [6, 6.07) is 29.1. The number of rotatable bonds is 8. The van der Waals surface area contributed by atoms with Crippen LogP contribution in [0.1, 0.15) is 23.0 Å². The first kappa shape index (κ1) is 28.3. The molecule has 0 aliphatic carbocycles. The molecule has 0 spiro atoms. The van der Waals surface area contributed by atoms with Crippen LogP contribution in [-0.4, -0.2) is 47.0 Å². The van der Waals surface area contributed by atoms with E-state index in [0.29, 0.717) is 0 Å². The average molecular weight is 593 g/mol. The van der Waals surface area contributed by atoms with Gasteiger partial charge in [-0.25, -0.2) is 0 Å². The molecule has 1 N–H and O–H groups in total. The standard InChI is InChI=1S/C29H28Cl3NO6/c30-29(31,32)28(33)39-27-25(35-17-20-12-6-2-7-13-20)24(34-16-19-10-4-1-5-11-19)23-22(37-27)18-36-26(38-23)21-14-8-3-9-15-21/h1-15,22-27,33H,16-18H2/t22?,23-,24?,25?,26?,27+/m0/s1. The Balaban J connectivity index is 1.44. The number of benzene rings is 3. The highest BCUT2D eigenvalue weighted by molar-refractivity contribution is 6.76. The lowest BCUT2D eigenvalue weighted by molar-refractivity contribution is -0.363. The molecule has 3 aromatic carbocycles. The van der Waals surface area contributed by atoms with E-state index < -0.39 is 46.7 Å². The van der Waals surface area contributed by atoms with Gasteiger partial charge in [-0.1, -0.05) is 126 Å². The molecule has 5 rings (SSSR count). The normalized spacial score (nSPS) is 26.9. The number of fused-ring (bicyclic) bond motifs is 1. The highest BCUT2D eigenvalue weighted by Crippen LogP contribution is 2.38. The van der Waals surface area contributed by atoms with Crippen LogP contribution in [0, 0.1) is 5.41 Å². The predicted octanol–water partition coefficient (Wildman–Crippen LogP) is 6.36. The number of alkyl halides is 3. The van der Waals surface area contributed by atoms with Crippen LogP contribution < -0.4 is 0 Å². The smallest absolute Gasteiger partial charge is 0.265 e. The van der Waals surface area contributed by atoms with E-state index in [1.807, 2.05) is 91.0 Å². The predicted molar refractivity (Wildman–Crippen MR) is 148 cm³/mol. The molecule has 10 heteroatoms. The van der Waals surface area contributed by atoms with Crippen LogP contribution in [0.25, 0.3) is 0 Å². The Morgan fingerprint density at radius 3 is 1.87 bits per heavy atom. The summed E-state index contributed by atoms with van der Waals surface area (Å²) in [5.41, 5.74) is 2.78. The molecule has 2 saturated heterocycles. The molecule has 39 heavy (non-hydrogen) atoms. The lowest BCUT2D eigenvalue weighted by atomic mass is 9.97. The Morgan fingerprint density at radius 2 is 1.31 bits per heavy atom. The molecule has 0 saturated carbocycles. The number of halogens is 3. The second-order valence-corrected chi connectivity index (χ2v) is 11.5. The highest BCUT2D eigenvalue weighted by Gasteiger charge is 2.53. The van der Waals surface area contributed by atoms with Crippen molar-refractivity contribution in [2.75, 3.05) is 6.61 Å². The van der Waals surface area contributed by atoms with Crippen molar-refractivity contribution < 1.29 is 28.4 Å². The molecule has 2 aliphatic heterocycles. The molecule has 206 valence electrons. The molecular weight excluding hydrogens is 565 g/mol. The van der Waals surface area contributed by atoms with Gasteiger partial charge in [-0.3, -0.25) is 5.41 Å². The first-order valence-electron chi connectivity index (χ1n) is 12.5. The van der Waals surface area contributed by atoms with Gasteiger partial charge in [-0.15, -0.1) is 0 Å². The summed E-state index contributed by atoms with van der Waals surface area (Å²) in [7, 11) is 0. The minimum Gasteiger partial charge on any atom is -0.445 e. The maximum absolute atomic E-state index is 8.18. The molecule has 0 amide bonds. The molecule has 2 heterocycles. The maximum atomic E-state index is 8.18. The third-order valence-electron chi connectivity index (χ3n) is 6.42. The van der Waals surface area contributed by atoms with Crippen molar-refractivity contribution >= 4 is 40.7 Å². The zero-order chi connectivity index (χ0) is 27.2. The van der Waals surface area contributed by atoms with E-state index in [2.05, 4.69) is 0 Å². The zero-order valence-electron chi connectivity index (χ0n) is 20.8. The van der Waals surface area contributed by atoms with Crippen LogP contribution in [0.3, 0.4) is 0 Å². The summed E-state index contributed by atoms with van der Waals surface area (Å²) in [5.74, 6) is -0.592. The van der Waals surface area contributed by atoms with Crippen LogP contribution in [0.15, 0.2) is 91.0 Å². The Labute approximate surface area is 242 Å². The van der Waals surface area contributed by atoms with Crippen LogP contribution in [0.4, 0.5) is 0 Å². The Kier molecular flexibility index (Phi) is 9.43. The van der Waals surface area contributed by atoms with Crippen molar-refractivity contribution in [3.63, 3.8) is 0 Å². The molecule has 7 nitrogen and oxygen atoms in total. The van der Waals surface area contributed by atoms with Crippen molar-refractivity contribution in [3.05, 3.63) is 108 Å². The summed E-state index contributed by atoms with van der Waals surface area (Å²) in [6.07, 6.45) is -4.41. The fraction of sp³-hybridized carbons (Fsp3) is 0.345. The molecule has 3 aromatic rings. The number of ether oxygens (including phenoxy) is 6. The van der Waals surface area contributed by atoms with Crippen molar-refractivity contribution in [1.82, 2.24) is 0 Å². The van der Waals surface area contributed by atoms with Gasteiger partial charge in [0.05, 0.1) is 19.8 Å². The van der Waals surface area contributed by atoms with Gasteiger partial charge in [-0.05, 0) is 11.1 Å². The topological polar surface area (TPSA) is 79.2 Å². The van der Waals surface area contributed by atoms with Crippen molar-refractivity contribution in [3.8, 4) is 0 Å². The first-order valence-corrected chi connectivity index (χ1v) is 13.6. The minimum atomic E-state index is -2.08. The van der Waals surface area contributed by atoms with Gasteiger partial charge in [0.25, 0.3) is 3.79 Å². The summed E-state index contributed by atoms with van der Waals surface area (Å²) < 4.78 is 35.2. The third kappa shape index (κ3) is 7.31. The van der Waals surface area contributed by atoms with Crippen LogP contribution in [0.5, 0.6) is 0 Å². The van der Waals surface area contributed by atoms with E-state index in [1.165, 1.54) is 0 Å². The lowest BCUT2D eigenvalue weighted by Crippen LogP contribution is -2.64. The van der Waals surface area contributed by atoms with Gasteiger partial charge in [0.15, 0.2) is 6.29 Å². The quantitative estimate of drug-likeness (QED) is 0.186. The van der Waals surface area contributed by atoms with E-state index in [1.54, 1.807) is 0 Å². The maximum Gasteiger partial charge on any atom is 0.265 e. The van der Waals surface area contributed by atoms with Crippen molar-refractivity contribution in [2.24, 2.45) is 0 Å². The van der Waals surface area contributed by atoms with Crippen LogP contribution in [0.2, 0.25) is 0 Å². The zero-order valence-corrected chi connectivity index (χ0v) is 23.1. The number of hydrogen-bond acceptors (Lipinski definition) is 7. The summed E-state index contributed by atoms with van der Waals surface area (Å²) >= 11 is 17.8. The monoisotopic (exact) mass is 591 g/mol. The Bertz CT molecular complexity index is 1200. The Morgan fingerprint density at radius 1 is 0.769 bits per heavy atom. The average Bonchev–Trinajstić information content (AvgIpc) is 2.96. The molecule has 2 fully saturated rings. The first-order chi connectivity index (χ1) is 18.9. The van der Waals surface area contributed by atoms with Gasteiger partial charge >= 0.3 is 0 Å². The molecule has 4 unspecified atom stereocenters. The minimum absolute atomic E-state index is 0.196. The van der Waals surface area contributed by atoms with Crippen LogP contribution in [-0.2, 0) is 41.6 Å². The molecule has 0 aromatic heterocycles. The van der Waals surface area contributed by atoms with Crippen molar-refractivity contribution in [2.45, 2.75) is 54.0 Å². The third-order valence-corrected chi connectivity index (χ3v) is 6.93.